The first-order chi connectivity index (χ1) is 19.2. The highest BCUT2D eigenvalue weighted by Crippen LogP contribution is 2.44. The number of likely N-dealkylation sites (tertiary alicyclic amines) is 1. The number of carbonyl (C=O) groups is 2. The molecule has 3 aliphatic heterocycles. The lowest BCUT2D eigenvalue weighted by Crippen LogP contribution is -2.46. The number of benzene rings is 1. The van der Waals surface area contributed by atoms with Gasteiger partial charge in [0.2, 0.25) is 5.91 Å². The van der Waals surface area contributed by atoms with Gasteiger partial charge in [-0.15, -0.1) is 11.6 Å². The number of rotatable bonds is 8. The molecule has 3 aliphatic rings. The SMILES string of the molecule is CC1(Cl)CC=C(C(=O)N[C@@H]2C[C@@H](CN3CCOCC3)N(CC(=O)Nc3ccc(-n4ccccc4=O)cc3F)C2)S1. The molecule has 214 valence electrons. The second kappa shape index (κ2) is 12.4. The van der Waals surface area contributed by atoms with E-state index >= 15 is 0 Å². The lowest BCUT2D eigenvalue weighted by atomic mass is 10.1. The molecule has 40 heavy (non-hydrogen) atoms. The maximum Gasteiger partial charge on any atom is 0.257 e. The van der Waals surface area contributed by atoms with Gasteiger partial charge < -0.3 is 15.4 Å². The highest BCUT2D eigenvalue weighted by Gasteiger charge is 2.37. The Kier molecular flexibility index (Phi) is 8.96. The lowest BCUT2D eigenvalue weighted by molar-refractivity contribution is -0.117. The Morgan fingerprint density at radius 2 is 2.02 bits per heavy atom. The van der Waals surface area contributed by atoms with Crippen LogP contribution in [0.2, 0.25) is 0 Å². The van der Waals surface area contributed by atoms with Crippen LogP contribution in [0.4, 0.5) is 10.1 Å². The first-order valence-electron chi connectivity index (χ1n) is 13.4. The molecule has 2 fully saturated rings. The number of ether oxygens (including phenoxy) is 1. The Hall–Kier alpha value is -2.70. The number of nitrogens with one attached hydrogen (secondary N) is 2. The van der Waals surface area contributed by atoms with Crippen molar-refractivity contribution in [3.8, 4) is 5.69 Å². The molecule has 3 atom stereocenters. The van der Waals surface area contributed by atoms with E-state index in [4.69, 9.17) is 16.3 Å². The van der Waals surface area contributed by atoms with Crippen molar-refractivity contribution in [2.75, 3.05) is 51.3 Å². The van der Waals surface area contributed by atoms with Crippen molar-refractivity contribution < 1.29 is 18.7 Å². The molecule has 2 aromatic rings. The summed E-state index contributed by atoms with van der Waals surface area (Å²) < 4.78 is 21.2. The van der Waals surface area contributed by atoms with E-state index in [1.165, 1.54) is 34.5 Å². The predicted octanol–water partition coefficient (Wildman–Crippen LogP) is 2.78. The molecule has 0 radical (unpaired) electrons. The number of alkyl halides is 1. The van der Waals surface area contributed by atoms with E-state index in [1.54, 1.807) is 24.4 Å². The molecule has 0 bridgehead atoms. The van der Waals surface area contributed by atoms with Gasteiger partial charge >= 0.3 is 0 Å². The predicted molar refractivity (Wildman–Crippen MR) is 154 cm³/mol. The average Bonchev–Trinajstić information content (AvgIpc) is 3.47. The van der Waals surface area contributed by atoms with Gasteiger partial charge in [0.15, 0.2) is 0 Å². The third kappa shape index (κ3) is 7.13. The number of allylic oxidation sites excluding steroid dienone is 1. The molecule has 1 unspecified atom stereocenters. The first-order valence-corrected chi connectivity index (χ1v) is 14.6. The highest BCUT2D eigenvalue weighted by molar-refractivity contribution is 8.06. The van der Waals surface area contributed by atoms with Crippen LogP contribution in [0.5, 0.6) is 0 Å². The number of aromatic nitrogens is 1. The Balaban J connectivity index is 1.23. The molecule has 0 spiro atoms. The van der Waals surface area contributed by atoms with E-state index in [0.717, 1.165) is 19.6 Å². The molecule has 12 heteroatoms. The number of amides is 2. The lowest BCUT2D eigenvalue weighted by Gasteiger charge is -2.32. The average molecular weight is 590 g/mol. The summed E-state index contributed by atoms with van der Waals surface area (Å²) in [7, 11) is 0. The van der Waals surface area contributed by atoms with Crippen LogP contribution in [0, 0.1) is 5.82 Å². The molecular formula is C28H33ClFN5O4S. The number of thioether (sulfide) groups is 1. The minimum Gasteiger partial charge on any atom is -0.379 e. The van der Waals surface area contributed by atoms with E-state index in [0.29, 0.717) is 43.2 Å². The standard InChI is InChI=1S/C28H33ClFN5O4S/c1-28(29)8-7-24(40-28)27(38)31-19-14-21(17-33-10-12-39-13-11-33)34(16-19)18-25(36)32-23-6-5-20(15-22(23)30)35-9-3-2-4-26(35)37/h2-7,9,15,19,21H,8,10-14,16-18H2,1H3,(H,31,38)(H,32,36)/t19-,21+,28?/m1/s1. The molecule has 0 saturated carbocycles. The maximum absolute atomic E-state index is 14.9. The molecular weight excluding hydrogens is 557 g/mol. The number of carbonyl (C=O) groups excluding carboxylic acids is 2. The third-order valence-corrected chi connectivity index (χ3v) is 8.86. The molecule has 2 N–H and O–H groups in total. The van der Waals surface area contributed by atoms with Crippen molar-refractivity contribution >= 4 is 40.9 Å². The quantitative estimate of drug-likeness (QED) is 0.457. The number of halogens is 2. The monoisotopic (exact) mass is 589 g/mol. The Morgan fingerprint density at radius 1 is 1.23 bits per heavy atom. The summed E-state index contributed by atoms with van der Waals surface area (Å²) in [5.41, 5.74) is 0.135. The number of morpholine rings is 1. The van der Waals surface area contributed by atoms with E-state index in [2.05, 4.69) is 15.5 Å². The summed E-state index contributed by atoms with van der Waals surface area (Å²) in [6.45, 7) is 6.15. The van der Waals surface area contributed by atoms with Crippen molar-refractivity contribution in [1.29, 1.82) is 0 Å². The smallest absolute Gasteiger partial charge is 0.257 e. The molecule has 9 nitrogen and oxygen atoms in total. The van der Waals surface area contributed by atoms with Gasteiger partial charge in [0.25, 0.3) is 11.5 Å². The van der Waals surface area contributed by atoms with Crippen molar-refractivity contribution in [1.82, 2.24) is 19.7 Å². The number of hydrogen-bond donors (Lipinski definition) is 2. The van der Waals surface area contributed by atoms with Crippen LogP contribution in [0.15, 0.2) is 58.4 Å². The number of anilines is 1. The Labute approximate surface area is 241 Å². The summed E-state index contributed by atoms with van der Waals surface area (Å²) in [5.74, 6) is -1.13. The van der Waals surface area contributed by atoms with E-state index in [1.807, 2.05) is 17.9 Å². The van der Waals surface area contributed by atoms with Crippen LogP contribution in [0.25, 0.3) is 5.69 Å². The summed E-state index contributed by atoms with van der Waals surface area (Å²) in [6, 6.07) is 8.87. The van der Waals surface area contributed by atoms with Crippen LogP contribution in [-0.2, 0) is 14.3 Å². The second-order valence-corrected chi connectivity index (χ2v) is 13.1. The van der Waals surface area contributed by atoms with Crippen LogP contribution < -0.4 is 16.2 Å². The zero-order chi connectivity index (χ0) is 28.3. The highest BCUT2D eigenvalue weighted by atomic mass is 35.5. The van der Waals surface area contributed by atoms with E-state index < -0.39 is 10.0 Å². The van der Waals surface area contributed by atoms with Crippen molar-refractivity contribution in [3.05, 3.63) is 69.7 Å². The van der Waals surface area contributed by atoms with Gasteiger partial charge in [0.1, 0.15) is 5.82 Å². The van der Waals surface area contributed by atoms with Crippen LogP contribution in [0.3, 0.4) is 0 Å². The Morgan fingerprint density at radius 3 is 2.73 bits per heavy atom. The Bertz CT molecular complexity index is 1350. The summed E-state index contributed by atoms with van der Waals surface area (Å²) in [5, 5.41) is 5.80. The molecule has 4 heterocycles. The van der Waals surface area contributed by atoms with Crippen molar-refractivity contribution in [2.24, 2.45) is 0 Å². The normalized spacial score (nSPS) is 25.5. The molecule has 5 rings (SSSR count). The van der Waals surface area contributed by atoms with Crippen LogP contribution >= 0.6 is 23.4 Å². The second-order valence-electron chi connectivity index (χ2n) is 10.5. The van der Waals surface area contributed by atoms with Crippen molar-refractivity contribution in [3.63, 3.8) is 0 Å². The van der Waals surface area contributed by atoms with Crippen LogP contribution in [0.1, 0.15) is 19.8 Å². The zero-order valence-corrected chi connectivity index (χ0v) is 23.8. The zero-order valence-electron chi connectivity index (χ0n) is 22.3. The minimum atomic E-state index is -0.633. The summed E-state index contributed by atoms with van der Waals surface area (Å²) in [6.07, 6.45) is 4.74. The van der Waals surface area contributed by atoms with Gasteiger partial charge in [-0.05, 0) is 38.0 Å². The number of hydrogen-bond acceptors (Lipinski definition) is 7. The molecule has 1 aromatic heterocycles. The third-order valence-electron chi connectivity index (χ3n) is 7.31. The minimum absolute atomic E-state index is 0.0369. The fraction of sp³-hybridized carbons (Fsp3) is 0.464. The van der Waals surface area contributed by atoms with Crippen LogP contribution in [-0.4, -0.2) is 88.4 Å². The largest absolute Gasteiger partial charge is 0.379 e. The van der Waals surface area contributed by atoms with Gasteiger partial charge in [-0.25, -0.2) is 4.39 Å². The van der Waals surface area contributed by atoms with Gasteiger partial charge in [0.05, 0.1) is 40.2 Å². The van der Waals surface area contributed by atoms with E-state index in [9.17, 15) is 18.8 Å². The fourth-order valence-corrected chi connectivity index (χ4v) is 6.58. The number of nitrogens with zero attached hydrogens (tertiary/aromatic N) is 3. The van der Waals surface area contributed by atoms with Crippen molar-refractivity contribution in [2.45, 2.75) is 36.1 Å². The molecule has 1 aromatic carbocycles. The number of pyridine rings is 1. The van der Waals surface area contributed by atoms with Gasteiger partial charge in [-0.2, -0.15) is 0 Å². The first kappa shape index (κ1) is 28.8. The summed E-state index contributed by atoms with van der Waals surface area (Å²) in [4.78, 5) is 43.0. The molecule has 2 amide bonds. The van der Waals surface area contributed by atoms with Gasteiger partial charge in [0, 0.05) is 56.6 Å². The molecule has 2 saturated heterocycles. The van der Waals surface area contributed by atoms with E-state index in [-0.39, 0.29) is 41.7 Å². The van der Waals surface area contributed by atoms with Gasteiger partial charge in [-0.1, -0.05) is 23.9 Å². The topological polar surface area (TPSA) is 95.9 Å². The maximum atomic E-state index is 14.9. The summed E-state index contributed by atoms with van der Waals surface area (Å²) >= 11 is 7.74. The van der Waals surface area contributed by atoms with Gasteiger partial charge in [-0.3, -0.25) is 28.8 Å². The fourth-order valence-electron chi connectivity index (χ4n) is 5.31. The molecule has 0 aliphatic carbocycles.